The van der Waals surface area contributed by atoms with Crippen molar-refractivity contribution in [3.05, 3.63) is 35.9 Å². The van der Waals surface area contributed by atoms with Gasteiger partial charge in [0.2, 0.25) is 0 Å². The number of nitrogens with one attached hydrogen (secondary N) is 1. The summed E-state index contributed by atoms with van der Waals surface area (Å²) in [6, 6.07) is 10.4. The van der Waals surface area contributed by atoms with Crippen LogP contribution in [0.2, 0.25) is 0 Å². The third-order valence-corrected chi connectivity index (χ3v) is 1.96. The lowest BCUT2D eigenvalue weighted by Gasteiger charge is -2.00. The van der Waals surface area contributed by atoms with E-state index < -0.39 is 0 Å². The standard InChI is InChI=1S/C10H12N2.ClH/c1-2-4-9(5-3-1)8-10-11-6-7-12-10;/h1-5H,6-8H2,(H,11,12);1H/p-1. The van der Waals surface area contributed by atoms with Gasteiger partial charge >= 0.3 is 0 Å². The van der Waals surface area contributed by atoms with Crippen LogP contribution < -0.4 is 17.7 Å². The molecule has 0 unspecified atom stereocenters. The van der Waals surface area contributed by atoms with E-state index >= 15 is 0 Å². The van der Waals surface area contributed by atoms with Gasteiger partial charge in [0.1, 0.15) is 5.84 Å². The lowest BCUT2D eigenvalue weighted by molar-refractivity contribution is -0.00000256. The molecule has 2 nitrogen and oxygen atoms in total. The quantitative estimate of drug-likeness (QED) is 0.594. The fourth-order valence-corrected chi connectivity index (χ4v) is 1.35. The van der Waals surface area contributed by atoms with E-state index in [2.05, 4.69) is 34.6 Å². The normalized spacial score (nSPS) is 14.3. The highest BCUT2D eigenvalue weighted by Gasteiger charge is 2.04. The maximum absolute atomic E-state index is 4.34. The molecule has 0 saturated carbocycles. The first-order valence-electron chi connectivity index (χ1n) is 4.26. The van der Waals surface area contributed by atoms with Gasteiger partial charge in [-0.15, -0.1) is 0 Å². The van der Waals surface area contributed by atoms with Crippen LogP contribution in [0.25, 0.3) is 0 Å². The molecule has 0 saturated heterocycles. The van der Waals surface area contributed by atoms with Crippen LogP contribution in [-0.4, -0.2) is 18.9 Å². The Hall–Kier alpha value is -1.02. The molecule has 1 aromatic carbocycles. The van der Waals surface area contributed by atoms with Gasteiger partial charge in [0.25, 0.3) is 0 Å². The Kier molecular flexibility index (Phi) is 3.77. The van der Waals surface area contributed by atoms with Gasteiger partial charge in [-0.3, -0.25) is 4.99 Å². The van der Waals surface area contributed by atoms with E-state index in [0.29, 0.717) is 0 Å². The molecule has 0 aliphatic carbocycles. The number of aliphatic imine (C=N–C) groups is 1. The van der Waals surface area contributed by atoms with Crippen molar-refractivity contribution in [2.24, 2.45) is 4.99 Å². The molecule has 3 heteroatoms. The van der Waals surface area contributed by atoms with Gasteiger partial charge in [-0.2, -0.15) is 0 Å². The van der Waals surface area contributed by atoms with E-state index in [1.54, 1.807) is 0 Å². The first-order valence-corrected chi connectivity index (χ1v) is 4.26. The van der Waals surface area contributed by atoms with Crippen LogP contribution in [0, 0.1) is 0 Å². The van der Waals surface area contributed by atoms with Gasteiger partial charge in [0, 0.05) is 13.0 Å². The molecule has 0 radical (unpaired) electrons. The number of rotatable bonds is 2. The van der Waals surface area contributed by atoms with Crippen LogP contribution >= 0.6 is 0 Å². The van der Waals surface area contributed by atoms with Gasteiger partial charge in [-0.05, 0) is 5.56 Å². The van der Waals surface area contributed by atoms with Crippen molar-refractivity contribution in [1.82, 2.24) is 5.32 Å². The summed E-state index contributed by atoms with van der Waals surface area (Å²) in [5.41, 5.74) is 1.32. The van der Waals surface area contributed by atoms with Crippen LogP contribution in [-0.2, 0) is 6.42 Å². The molecule has 0 aromatic heterocycles. The molecule has 0 spiro atoms. The molecule has 1 aliphatic rings. The van der Waals surface area contributed by atoms with Crippen molar-refractivity contribution >= 4 is 5.84 Å². The van der Waals surface area contributed by atoms with Crippen molar-refractivity contribution in [3.8, 4) is 0 Å². The molecule has 1 N–H and O–H groups in total. The second-order valence-corrected chi connectivity index (χ2v) is 2.92. The summed E-state index contributed by atoms with van der Waals surface area (Å²) in [5.74, 6) is 1.13. The van der Waals surface area contributed by atoms with Crippen molar-refractivity contribution in [2.75, 3.05) is 13.1 Å². The summed E-state index contributed by atoms with van der Waals surface area (Å²) in [5, 5.41) is 3.26. The van der Waals surface area contributed by atoms with Crippen LogP contribution in [0.4, 0.5) is 0 Å². The summed E-state index contributed by atoms with van der Waals surface area (Å²) in [6.45, 7) is 1.93. The molecule has 0 fully saturated rings. The van der Waals surface area contributed by atoms with Crippen LogP contribution in [0.15, 0.2) is 35.3 Å². The first-order chi connectivity index (χ1) is 5.95. The molecule has 0 bridgehead atoms. The van der Waals surface area contributed by atoms with Gasteiger partial charge < -0.3 is 17.7 Å². The van der Waals surface area contributed by atoms with E-state index in [4.69, 9.17) is 0 Å². The summed E-state index contributed by atoms with van der Waals surface area (Å²) in [4.78, 5) is 4.34. The van der Waals surface area contributed by atoms with E-state index in [1.165, 1.54) is 5.56 Å². The Morgan fingerprint density at radius 3 is 2.62 bits per heavy atom. The van der Waals surface area contributed by atoms with Crippen molar-refractivity contribution in [2.45, 2.75) is 6.42 Å². The predicted octanol–water partition coefficient (Wildman–Crippen LogP) is -1.77. The Bertz CT molecular complexity index is 282. The Morgan fingerprint density at radius 1 is 1.23 bits per heavy atom. The second kappa shape index (κ2) is 4.87. The lowest BCUT2D eigenvalue weighted by Crippen LogP contribution is -3.00. The minimum absolute atomic E-state index is 0. The van der Waals surface area contributed by atoms with Gasteiger partial charge in [0.05, 0.1) is 6.54 Å². The Balaban J connectivity index is 0.000000845. The average molecular weight is 196 g/mol. The second-order valence-electron chi connectivity index (χ2n) is 2.92. The summed E-state index contributed by atoms with van der Waals surface area (Å²) in [7, 11) is 0. The van der Waals surface area contributed by atoms with Crippen molar-refractivity contribution < 1.29 is 12.4 Å². The Labute approximate surface area is 84.5 Å². The molecule has 70 valence electrons. The van der Waals surface area contributed by atoms with Crippen molar-refractivity contribution in [1.29, 1.82) is 0 Å². The number of amidine groups is 1. The number of nitrogens with zero attached hydrogens (tertiary/aromatic N) is 1. The van der Waals surface area contributed by atoms with Gasteiger partial charge in [-0.25, -0.2) is 0 Å². The zero-order valence-electron chi connectivity index (χ0n) is 7.33. The SMILES string of the molecule is [Cl-].c1ccc(CC2=NCCN2)cc1. The van der Waals surface area contributed by atoms with E-state index in [0.717, 1.165) is 25.3 Å². The van der Waals surface area contributed by atoms with E-state index in [1.807, 2.05) is 6.07 Å². The predicted molar refractivity (Wildman–Crippen MR) is 50.5 cm³/mol. The fraction of sp³-hybridized carbons (Fsp3) is 0.300. The highest BCUT2D eigenvalue weighted by atomic mass is 35.5. The minimum Gasteiger partial charge on any atom is -1.00 e. The average Bonchev–Trinajstić information content (AvgIpc) is 2.59. The highest BCUT2D eigenvalue weighted by molar-refractivity contribution is 5.85. The monoisotopic (exact) mass is 195 g/mol. The number of halogens is 1. The van der Waals surface area contributed by atoms with Crippen LogP contribution in [0.1, 0.15) is 5.56 Å². The lowest BCUT2D eigenvalue weighted by atomic mass is 10.1. The molecular formula is C10H12ClN2-. The molecule has 1 aromatic rings. The Morgan fingerprint density at radius 2 is 2.00 bits per heavy atom. The van der Waals surface area contributed by atoms with E-state index in [9.17, 15) is 0 Å². The largest absolute Gasteiger partial charge is 1.00 e. The summed E-state index contributed by atoms with van der Waals surface area (Å²) < 4.78 is 0. The first kappa shape index (κ1) is 10.1. The molecule has 2 rings (SSSR count). The summed E-state index contributed by atoms with van der Waals surface area (Å²) in [6.07, 6.45) is 0.945. The van der Waals surface area contributed by atoms with Crippen LogP contribution in [0.5, 0.6) is 0 Å². The molecule has 0 amide bonds. The number of hydrogen-bond donors (Lipinski definition) is 1. The maximum atomic E-state index is 4.34. The number of hydrogen-bond acceptors (Lipinski definition) is 2. The van der Waals surface area contributed by atoms with Gasteiger partial charge in [0.15, 0.2) is 0 Å². The zero-order valence-corrected chi connectivity index (χ0v) is 8.09. The topological polar surface area (TPSA) is 24.4 Å². The fourth-order valence-electron chi connectivity index (χ4n) is 1.35. The zero-order chi connectivity index (χ0) is 8.23. The smallest absolute Gasteiger partial charge is 0.101 e. The molecule has 13 heavy (non-hydrogen) atoms. The van der Waals surface area contributed by atoms with Gasteiger partial charge in [-0.1, -0.05) is 30.3 Å². The third-order valence-electron chi connectivity index (χ3n) is 1.96. The molecule has 0 atom stereocenters. The molecule has 1 aliphatic heterocycles. The van der Waals surface area contributed by atoms with E-state index in [-0.39, 0.29) is 12.4 Å². The molecule has 1 heterocycles. The third kappa shape index (κ3) is 2.74. The molecular weight excluding hydrogens is 184 g/mol. The minimum atomic E-state index is 0. The highest BCUT2D eigenvalue weighted by Crippen LogP contribution is 2.01. The number of benzene rings is 1. The summed E-state index contributed by atoms with van der Waals surface area (Å²) >= 11 is 0. The van der Waals surface area contributed by atoms with Crippen molar-refractivity contribution in [3.63, 3.8) is 0 Å². The van der Waals surface area contributed by atoms with Crippen LogP contribution in [0.3, 0.4) is 0 Å². The maximum Gasteiger partial charge on any atom is 0.101 e.